The van der Waals surface area contributed by atoms with Gasteiger partial charge >= 0.3 is 0 Å². The van der Waals surface area contributed by atoms with E-state index in [2.05, 4.69) is 77.9 Å². The average Bonchev–Trinajstić information content (AvgIpc) is 3.15. The van der Waals surface area contributed by atoms with Crippen molar-refractivity contribution < 1.29 is 24.4 Å². The molecule has 0 saturated heterocycles. The highest BCUT2D eigenvalue weighted by molar-refractivity contribution is 5.42. The van der Waals surface area contributed by atoms with Gasteiger partial charge in [-0.05, 0) is 125 Å². The zero-order chi connectivity index (χ0) is 43.6. The molecule has 0 aliphatic carbocycles. The molecular weight excluding hydrogens is 687 g/mol. The van der Waals surface area contributed by atoms with E-state index in [1.807, 2.05) is 45.9 Å². The Kier molecular flexibility index (Phi) is 37.9. The highest BCUT2D eigenvalue weighted by Gasteiger charge is 2.20. The SMILES string of the molecule is C=C(OC)C(/C=C/C=C(\O)Cc1cc(C)c(C(C)(C)O)cc1C)=C(\N)OC.C=C/C=C(\C(=C/CC)OC)C(CCC)CCNCC(C)C.CC.CCC.CN. The lowest BCUT2D eigenvalue weighted by Crippen LogP contribution is -2.23. The summed E-state index contributed by atoms with van der Waals surface area (Å²) in [5.74, 6) is 2.99. The smallest absolute Gasteiger partial charge is 0.194 e. The maximum atomic E-state index is 10.3. The van der Waals surface area contributed by atoms with Crippen molar-refractivity contribution in [1.82, 2.24) is 5.32 Å². The summed E-state index contributed by atoms with van der Waals surface area (Å²) < 4.78 is 15.7. The highest BCUT2D eigenvalue weighted by Crippen LogP contribution is 2.29. The number of benzene rings is 1. The molecule has 1 rings (SSSR count). The highest BCUT2D eigenvalue weighted by atomic mass is 16.5. The molecule has 0 aliphatic heterocycles. The van der Waals surface area contributed by atoms with Gasteiger partial charge in [-0.1, -0.05) is 112 Å². The first-order chi connectivity index (χ1) is 26.0. The molecule has 8 heteroatoms. The Bertz CT molecular complexity index is 1310. The number of nitrogens with two attached hydrogens (primary N) is 2. The summed E-state index contributed by atoms with van der Waals surface area (Å²) in [5, 5.41) is 24.1. The predicted octanol–water partition coefficient (Wildman–Crippen LogP) is 11.2. The predicted molar refractivity (Wildman–Crippen MR) is 241 cm³/mol. The Morgan fingerprint density at radius 2 is 1.53 bits per heavy atom. The van der Waals surface area contributed by atoms with Crippen LogP contribution in [0.2, 0.25) is 0 Å². The number of ether oxygens (including phenoxy) is 3. The van der Waals surface area contributed by atoms with Gasteiger partial charge in [0.15, 0.2) is 5.88 Å². The second-order valence-corrected chi connectivity index (χ2v) is 13.6. The van der Waals surface area contributed by atoms with E-state index in [4.69, 9.17) is 19.9 Å². The van der Waals surface area contributed by atoms with Gasteiger partial charge < -0.3 is 41.2 Å². The van der Waals surface area contributed by atoms with E-state index < -0.39 is 5.60 Å². The number of hydrogen-bond donors (Lipinski definition) is 5. The number of allylic oxidation sites excluding steroid dienone is 8. The van der Waals surface area contributed by atoms with Gasteiger partial charge in [-0.15, -0.1) is 0 Å². The normalized spacial score (nSPS) is 12.7. The van der Waals surface area contributed by atoms with Crippen molar-refractivity contribution in [1.29, 1.82) is 0 Å². The van der Waals surface area contributed by atoms with E-state index in [1.54, 1.807) is 39.2 Å². The molecular formula is C47H85N3O5. The quantitative estimate of drug-likeness (QED) is 0.0503. The van der Waals surface area contributed by atoms with Crippen molar-refractivity contribution in [2.75, 3.05) is 41.5 Å². The fraction of sp³-hybridized carbons (Fsp3) is 0.574. The van der Waals surface area contributed by atoms with Crippen molar-refractivity contribution >= 4 is 0 Å². The van der Waals surface area contributed by atoms with Gasteiger partial charge in [0.2, 0.25) is 0 Å². The first-order valence-electron chi connectivity index (χ1n) is 20.0. The minimum Gasteiger partial charge on any atom is -0.512 e. The van der Waals surface area contributed by atoms with E-state index in [9.17, 15) is 10.2 Å². The van der Waals surface area contributed by atoms with Crippen molar-refractivity contribution in [2.24, 2.45) is 23.3 Å². The fourth-order valence-electron chi connectivity index (χ4n) is 5.29. The Hall–Kier alpha value is -3.72. The summed E-state index contributed by atoms with van der Waals surface area (Å²) in [5.41, 5.74) is 15.1. The number of methoxy groups -OCH3 is 3. The lowest BCUT2D eigenvalue weighted by atomic mass is 9.89. The van der Waals surface area contributed by atoms with Crippen LogP contribution < -0.4 is 16.8 Å². The van der Waals surface area contributed by atoms with Gasteiger partial charge in [-0.2, -0.15) is 0 Å². The topological polar surface area (TPSA) is 132 Å². The average molecular weight is 772 g/mol. The second kappa shape index (κ2) is 35.9. The molecule has 0 radical (unpaired) electrons. The molecule has 1 aromatic carbocycles. The van der Waals surface area contributed by atoms with Gasteiger partial charge in [-0.25, -0.2) is 0 Å². The maximum absolute atomic E-state index is 10.3. The fourth-order valence-corrected chi connectivity index (χ4v) is 5.29. The van der Waals surface area contributed by atoms with Crippen LogP contribution in [0.3, 0.4) is 0 Å². The first-order valence-corrected chi connectivity index (χ1v) is 20.0. The first kappa shape index (κ1) is 58.0. The Morgan fingerprint density at radius 1 is 0.945 bits per heavy atom. The molecule has 1 unspecified atom stereocenters. The maximum Gasteiger partial charge on any atom is 0.194 e. The Labute approximate surface area is 339 Å². The molecule has 1 aromatic rings. The van der Waals surface area contributed by atoms with Crippen molar-refractivity contribution in [3.63, 3.8) is 0 Å². The minimum atomic E-state index is -0.901. The van der Waals surface area contributed by atoms with Gasteiger partial charge in [-0.3, -0.25) is 0 Å². The van der Waals surface area contributed by atoms with Crippen LogP contribution in [0, 0.1) is 25.7 Å². The minimum absolute atomic E-state index is 0.180. The van der Waals surface area contributed by atoms with Crippen LogP contribution >= 0.6 is 0 Å². The van der Waals surface area contributed by atoms with Crippen molar-refractivity contribution in [3.8, 4) is 0 Å². The lowest BCUT2D eigenvalue weighted by molar-refractivity contribution is 0.0778. The van der Waals surface area contributed by atoms with Gasteiger partial charge in [0.25, 0.3) is 0 Å². The number of aliphatic hydroxyl groups excluding tert-OH is 1. The molecule has 0 bridgehead atoms. The Morgan fingerprint density at radius 3 is 1.96 bits per heavy atom. The van der Waals surface area contributed by atoms with Crippen LogP contribution in [0.1, 0.15) is 124 Å². The molecule has 55 heavy (non-hydrogen) atoms. The molecule has 7 N–H and O–H groups in total. The van der Waals surface area contributed by atoms with Crippen LogP contribution in [0.15, 0.2) is 96.1 Å². The zero-order valence-corrected chi connectivity index (χ0v) is 38.1. The number of rotatable bonds is 20. The van der Waals surface area contributed by atoms with Crippen LogP contribution in [0.25, 0.3) is 0 Å². The van der Waals surface area contributed by atoms with Crippen LogP contribution in [0.5, 0.6) is 0 Å². The van der Waals surface area contributed by atoms with E-state index in [-0.39, 0.29) is 11.6 Å². The van der Waals surface area contributed by atoms with Crippen LogP contribution in [-0.4, -0.2) is 51.7 Å². The van der Waals surface area contributed by atoms with E-state index >= 15 is 0 Å². The summed E-state index contributed by atoms with van der Waals surface area (Å²) >= 11 is 0. The monoisotopic (exact) mass is 772 g/mol. The van der Waals surface area contributed by atoms with E-state index in [0.29, 0.717) is 29.6 Å². The molecule has 1 atom stereocenters. The third-order valence-electron chi connectivity index (χ3n) is 7.79. The number of aliphatic hydroxyl groups is 2. The van der Waals surface area contributed by atoms with Gasteiger partial charge in [0, 0.05) is 6.42 Å². The largest absolute Gasteiger partial charge is 0.512 e. The lowest BCUT2D eigenvalue weighted by Gasteiger charge is -2.22. The molecule has 318 valence electrons. The standard InChI is InChI=1S/C22H31NO4.C19H35NO.C3H8.C2H6.CH5N/c1-14-12-20(22(4,5)25)15(2)11-17(14)13-18(24)9-8-10-19(16(3)26-6)21(23)27-7;1-7-10-17(13-14-20-15-16(4)5)18(11-8-2)19(21-6)12-9-3;1-3-2;2*1-2/h8-12,24-25H,3,13,23H2,1-2,4-7H3;8,11-12,16-17,20H,2,7,9-10,13-15H2,1,3-6H3;3H2,1-2H3;1-2H3;2H2,1H3/b10-8+,18-9-,21-19+;18-11-,19-12+;;;. The summed E-state index contributed by atoms with van der Waals surface area (Å²) in [6.07, 6.45) is 17.2. The van der Waals surface area contributed by atoms with Crippen molar-refractivity contribution in [3.05, 3.63) is 118 Å². The van der Waals surface area contributed by atoms with Crippen LogP contribution in [0.4, 0.5) is 0 Å². The summed E-state index contributed by atoms with van der Waals surface area (Å²) in [6, 6.07) is 3.97. The molecule has 0 spiro atoms. The van der Waals surface area contributed by atoms with Crippen molar-refractivity contribution in [2.45, 2.75) is 127 Å². The number of hydrogen-bond acceptors (Lipinski definition) is 8. The molecule has 0 amide bonds. The third kappa shape index (κ3) is 26.7. The molecule has 0 aromatic heterocycles. The number of aryl methyl sites for hydroxylation is 2. The van der Waals surface area contributed by atoms with Gasteiger partial charge in [0.05, 0.1) is 38.3 Å². The molecule has 0 fully saturated rings. The van der Waals surface area contributed by atoms with E-state index in [1.165, 1.54) is 46.1 Å². The molecule has 0 saturated carbocycles. The van der Waals surface area contributed by atoms with Crippen LogP contribution in [-0.2, 0) is 26.2 Å². The van der Waals surface area contributed by atoms with E-state index in [0.717, 1.165) is 53.9 Å². The summed E-state index contributed by atoms with van der Waals surface area (Å²) in [4.78, 5) is 0. The summed E-state index contributed by atoms with van der Waals surface area (Å²) in [6.45, 7) is 34.3. The molecule has 0 heterocycles. The molecule has 8 nitrogen and oxygen atoms in total. The number of nitrogens with one attached hydrogen (secondary N) is 1. The second-order valence-electron chi connectivity index (χ2n) is 13.6. The van der Waals surface area contributed by atoms with Gasteiger partial charge in [0.1, 0.15) is 11.5 Å². The molecule has 0 aliphatic rings. The summed E-state index contributed by atoms with van der Waals surface area (Å²) in [7, 11) is 6.22. The Balaban J connectivity index is -0.000000415. The zero-order valence-electron chi connectivity index (χ0n) is 38.1. The third-order valence-corrected chi connectivity index (χ3v) is 7.79.